The van der Waals surface area contributed by atoms with E-state index in [4.69, 9.17) is 5.10 Å². The number of nitrogens with zero attached hydrogens (tertiary/aromatic N) is 4. The molecule has 0 saturated heterocycles. The average molecular weight is 410 g/mol. The fourth-order valence-corrected chi connectivity index (χ4v) is 4.04. The fraction of sp³-hybridized carbons (Fsp3) is 0.227. The summed E-state index contributed by atoms with van der Waals surface area (Å²) in [4.78, 5) is 8.80. The van der Waals surface area contributed by atoms with Crippen LogP contribution in [0.15, 0.2) is 48.7 Å². The van der Waals surface area contributed by atoms with Gasteiger partial charge in [0.25, 0.3) is 0 Å². The molecule has 30 heavy (non-hydrogen) atoms. The van der Waals surface area contributed by atoms with Crippen molar-refractivity contribution in [3.8, 4) is 28.3 Å². The molecule has 8 heteroatoms. The number of hydrogen-bond donors (Lipinski definition) is 0. The summed E-state index contributed by atoms with van der Waals surface area (Å²) < 4.78 is 44.8. The summed E-state index contributed by atoms with van der Waals surface area (Å²) in [7, 11) is 0. The molecule has 0 unspecified atom stereocenters. The van der Waals surface area contributed by atoms with Crippen LogP contribution in [0.5, 0.6) is 5.75 Å². The van der Waals surface area contributed by atoms with Crippen LogP contribution in [0.2, 0.25) is 0 Å². The van der Waals surface area contributed by atoms with E-state index in [0.717, 1.165) is 53.3 Å². The first kappa shape index (κ1) is 18.6. The van der Waals surface area contributed by atoms with Crippen molar-refractivity contribution in [3.63, 3.8) is 0 Å². The molecule has 0 fully saturated rings. The van der Waals surface area contributed by atoms with E-state index in [1.807, 2.05) is 35.9 Å². The van der Waals surface area contributed by atoms with Crippen molar-refractivity contribution in [2.75, 3.05) is 0 Å². The molecule has 4 heterocycles. The number of benzene rings is 1. The fourth-order valence-electron chi connectivity index (χ4n) is 4.04. The summed E-state index contributed by atoms with van der Waals surface area (Å²) in [6.07, 6.45) is -1.46. The monoisotopic (exact) mass is 410 g/mol. The van der Waals surface area contributed by atoms with Gasteiger partial charge < -0.3 is 4.74 Å². The SMILES string of the molecule is Cc1cccc(-c2nn3c(c2-c2ccnc4c(OC(F)(F)F)cccc24)CCC3)n1. The van der Waals surface area contributed by atoms with Gasteiger partial charge in [0.1, 0.15) is 11.2 Å². The molecule has 0 bridgehead atoms. The number of ether oxygens (including phenoxy) is 1. The molecule has 152 valence electrons. The highest BCUT2D eigenvalue weighted by Gasteiger charge is 2.32. The number of halogens is 3. The van der Waals surface area contributed by atoms with Gasteiger partial charge in [-0.05, 0) is 49.6 Å². The van der Waals surface area contributed by atoms with Crippen LogP contribution < -0.4 is 4.74 Å². The van der Waals surface area contributed by atoms with Crippen LogP contribution in [0, 0.1) is 6.92 Å². The number of para-hydroxylation sites is 1. The molecule has 5 nitrogen and oxygen atoms in total. The Morgan fingerprint density at radius 2 is 1.90 bits per heavy atom. The molecule has 1 aliphatic rings. The third-order valence-electron chi connectivity index (χ3n) is 5.20. The van der Waals surface area contributed by atoms with Crippen LogP contribution in [-0.2, 0) is 13.0 Å². The largest absolute Gasteiger partial charge is 0.573 e. The van der Waals surface area contributed by atoms with Crippen LogP contribution in [-0.4, -0.2) is 26.1 Å². The Labute approximate surface area is 170 Å². The summed E-state index contributed by atoms with van der Waals surface area (Å²) in [5, 5.41) is 5.37. The van der Waals surface area contributed by atoms with Gasteiger partial charge in [-0.1, -0.05) is 18.2 Å². The van der Waals surface area contributed by atoms with Crippen molar-refractivity contribution in [3.05, 3.63) is 60.0 Å². The summed E-state index contributed by atoms with van der Waals surface area (Å²) in [6, 6.07) is 12.1. The van der Waals surface area contributed by atoms with E-state index in [0.29, 0.717) is 5.39 Å². The number of pyridine rings is 2. The Morgan fingerprint density at radius 3 is 2.70 bits per heavy atom. The quantitative estimate of drug-likeness (QED) is 0.459. The minimum atomic E-state index is -4.79. The van der Waals surface area contributed by atoms with Gasteiger partial charge in [-0.2, -0.15) is 5.10 Å². The van der Waals surface area contributed by atoms with Gasteiger partial charge in [-0.25, -0.2) is 0 Å². The minimum absolute atomic E-state index is 0.161. The number of hydrogen-bond acceptors (Lipinski definition) is 4. The molecule has 0 amide bonds. The Kier molecular flexibility index (Phi) is 4.23. The van der Waals surface area contributed by atoms with Gasteiger partial charge in [-0.15, -0.1) is 13.2 Å². The van der Waals surface area contributed by atoms with Gasteiger partial charge in [0.05, 0.1) is 5.69 Å². The third-order valence-corrected chi connectivity index (χ3v) is 5.20. The Morgan fingerprint density at radius 1 is 1.07 bits per heavy atom. The molecule has 4 aromatic rings. The second-order valence-electron chi connectivity index (χ2n) is 7.22. The highest BCUT2D eigenvalue weighted by atomic mass is 19.4. The predicted molar refractivity (Wildman–Crippen MR) is 106 cm³/mol. The lowest BCUT2D eigenvalue weighted by molar-refractivity contribution is -0.274. The highest BCUT2D eigenvalue weighted by Crippen LogP contribution is 2.41. The lowest BCUT2D eigenvalue weighted by Gasteiger charge is -2.13. The third kappa shape index (κ3) is 3.18. The number of aromatic nitrogens is 4. The zero-order chi connectivity index (χ0) is 20.9. The summed E-state index contributed by atoms with van der Waals surface area (Å²) in [5.41, 5.74) is 5.21. The lowest BCUT2D eigenvalue weighted by atomic mass is 9.96. The van der Waals surface area contributed by atoms with E-state index in [9.17, 15) is 13.2 Å². The molecular weight excluding hydrogens is 393 g/mol. The molecule has 0 atom stereocenters. The number of aryl methyl sites for hydroxylation is 2. The highest BCUT2D eigenvalue weighted by molar-refractivity contribution is 6.00. The van der Waals surface area contributed by atoms with E-state index in [1.54, 1.807) is 12.1 Å². The van der Waals surface area contributed by atoms with Crippen molar-refractivity contribution in [1.82, 2.24) is 19.7 Å². The molecule has 0 radical (unpaired) electrons. The number of rotatable bonds is 3. The maximum absolute atomic E-state index is 12.9. The van der Waals surface area contributed by atoms with Crippen LogP contribution in [0.25, 0.3) is 33.4 Å². The van der Waals surface area contributed by atoms with Crippen LogP contribution in [0.1, 0.15) is 17.8 Å². The first-order valence-electron chi connectivity index (χ1n) is 9.58. The molecule has 1 aromatic carbocycles. The second kappa shape index (κ2) is 6.83. The van der Waals surface area contributed by atoms with E-state index in [-0.39, 0.29) is 11.3 Å². The summed E-state index contributed by atoms with van der Waals surface area (Å²) >= 11 is 0. The molecule has 0 saturated carbocycles. The first-order valence-corrected chi connectivity index (χ1v) is 9.58. The second-order valence-corrected chi connectivity index (χ2v) is 7.22. The van der Waals surface area contributed by atoms with E-state index in [1.165, 1.54) is 12.3 Å². The molecule has 0 spiro atoms. The lowest BCUT2D eigenvalue weighted by Crippen LogP contribution is -2.17. The summed E-state index contributed by atoms with van der Waals surface area (Å²) in [6.45, 7) is 2.72. The van der Waals surface area contributed by atoms with Crippen LogP contribution in [0.4, 0.5) is 13.2 Å². The van der Waals surface area contributed by atoms with E-state index < -0.39 is 6.36 Å². The van der Waals surface area contributed by atoms with Gasteiger partial charge in [0, 0.05) is 35.1 Å². The van der Waals surface area contributed by atoms with Crippen molar-refractivity contribution in [2.24, 2.45) is 0 Å². The van der Waals surface area contributed by atoms with E-state index in [2.05, 4.69) is 14.7 Å². The molecule has 5 rings (SSSR count). The van der Waals surface area contributed by atoms with Gasteiger partial charge in [-0.3, -0.25) is 14.6 Å². The van der Waals surface area contributed by atoms with Gasteiger partial charge in [0.2, 0.25) is 0 Å². The molecule has 1 aliphatic heterocycles. The average Bonchev–Trinajstić information content (AvgIpc) is 3.28. The molecule has 0 N–H and O–H groups in total. The molecule has 0 aliphatic carbocycles. The van der Waals surface area contributed by atoms with Gasteiger partial charge >= 0.3 is 6.36 Å². The van der Waals surface area contributed by atoms with Crippen molar-refractivity contribution in [1.29, 1.82) is 0 Å². The van der Waals surface area contributed by atoms with Crippen LogP contribution in [0.3, 0.4) is 0 Å². The Balaban J connectivity index is 1.76. The smallest absolute Gasteiger partial charge is 0.403 e. The standard InChI is InChI=1S/C22H17F3N4O/c1-13-5-2-7-16(27-13)21-19(17-8-4-12-29(17)28-21)14-10-11-26-20-15(14)6-3-9-18(20)30-22(23,24)25/h2-3,5-7,9-11H,4,8,12H2,1H3. The maximum Gasteiger partial charge on any atom is 0.573 e. The Bertz CT molecular complexity index is 1260. The minimum Gasteiger partial charge on any atom is -0.403 e. The topological polar surface area (TPSA) is 52.8 Å². The zero-order valence-electron chi connectivity index (χ0n) is 16.1. The summed E-state index contributed by atoms with van der Waals surface area (Å²) in [5.74, 6) is -0.319. The zero-order valence-corrected chi connectivity index (χ0v) is 16.1. The van der Waals surface area contributed by atoms with Crippen molar-refractivity contribution in [2.45, 2.75) is 32.7 Å². The van der Waals surface area contributed by atoms with Crippen molar-refractivity contribution >= 4 is 10.9 Å². The Hall–Kier alpha value is -3.42. The number of alkyl halides is 3. The van der Waals surface area contributed by atoms with Gasteiger partial charge in [0.15, 0.2) is 5.75 Å². The van der Waals surface area contributed by atoms with Crippen molar-refractivity contribution < 1.29 is 17.9 Å². The van der Waals surface area contributed by atoms with Crippen LogP contribution >= 0.6 is 0 Å². The molecular formula is C22H17F3N4O. The normalized spacial score (nSPS) is 13.6. The number of fused-ring (bicyclic) bond motifs is 2. The maximum atomic E-state index is 12.9. The predicted octanol–water partition coefficient (Wildman–Crippen LogP) is 5.31. The van der Waals surface area contributed by atoms with E-state index >= 15 is 0 Å². The first-order chi connectivity index (χ1) is 14.4. The molecule has 3 aromatic heterocycles.